The van der Waals surface area contributed by atoms with Gasteiger partial charge in [-0.15, -0.1) is 0 Å². The molecule has 0 spiro atoms. The lowest BCUT2D eigenvalue weighted by molar-refractivity contribution is 0.120. The number of aliphatic imine (C=N–C) groups is 1. The van der Waals surface area contributed by atoms with E-state index in [0.717, 1.165) is 49.5 Å². The number of rotatable bonds is 7. The molecule has 7 nitrogen and oxygen atoms in total. The summed E-state index contributed by atoms with van der Waals surface area (Å²) in [6, 6.07) is 11.6. The second-order valence-corrected chi connectivity index (χ2v) is 7.13. The zero-order valence-electron chi connectivity index (χ0n) is 17.1. The predicted molar refractivity (Wildman–Crippen MR) is 114 cm³/mol. The highest BCUT2D eigenvalue weighted by Crippen LogP contribution is 2.22. The molecule has 7 heteroatoms. The Balaban J connectivity index is 1.55. The number of methoxy groups -OCH3 is 1. The maximum Gasteiger partial charge on any atom is 0.219 e. The van der Waals surface area contributed by atoms with Crippen LogP contribution in [-0.4, -0.2) is 41.9 Å². The molecule has 3 rings (SSSR count). The van der Waals surface area contributed by atoms with Crippen LogP contribution in [0.15, 0.2) is 47.6 Å². The zero-order valence-corrected chi connectivity index (χ0v) is 17.1. The number of hydrogen-bond donors (Lipinski definition) is 3. The maximum atomic E-state index is 9.66. The minimum Gasteiger partial charge on any atom is -0.497 e. The van der Waals surface area contributed by atoms with Crippen molar-refractivity contribution in [2.45, 2.75) is 51.3 Å². The van der Waals surface area contributed by atoms with Gasteiger partial charge in [0.05, 0.1) is 19.8 Å². The van der Waals surface area contributed by atoms with Gasteiger partial charge in [-0.1, -0.05) is 6.07 Å². The fraction of sp³-hybridized carbons (Fsp3) is 0.455. The normalized spacial score (nSPS) is 19.5. The molecule has 1 aromatic carbocycles. The number of aliphatic hydroxyl groups is 1. The predicted octanol–water partition coefficient (Wildman–Crippen LogP) is 3.24. The third kappa shape index (κ3) is 6.64. The molecule has 1 heterocycles. The summed E-state index contributed by atoms with van der Waals surface area (Å²) in [5.74, 6) is 2.83. The summed E-state index contributed by atoms with van der Waals surface area (Å²) >= 11 is 0. The molecule has 0 aliphatic heterocycles. The Labute approximate surface area is 172 Å². The molecule has 1 saturated carbocycles. The monoisotopic (exact) mass is 398 g/mol. The first-order valence-electron chi connectivity index (χ1n) is 10.2. The molecule has 0 saturated heterocycles. The Hall–Kier alpha value is -2.80. The van der Waals surface area contributed by atoms with Gasteiger partial charge in [0.1, 0.15) is 11.5 Å². The summed E-state index contributed by atoms with van der Waals surface area (Å²) in [5.41, 5.74) is 1.00. The number of aromatic nitrogens is 1. The van der Waals surface area contributed by atoms with Crippen LogP contribution < -0.4 is 20.1 Å². The Morgan fingerprint density at radius 2 is 1.83 bits per heavy atom. The van der Waals surface area contributed by atoms with Crippen molar-refractivity contribution < 1.29 is 14.6 Å². The number of nitrogens with zero attached hydrogens (tertiary/aromatic N) is 2. The van der Waals surface area contributed by atoms with Crippen molar-refractivity contribution >= 4 is 5.96 Å². The fourth-order valence-electron chi connectivity index (χ4n) is 3.23. The Bertz CT molecular complexity index is 770. The van der Waals surface area contributed by atoms with E-state index in [0.29, 0.717) is 24.2 Å². The van der Waals surface area contributed by atoms with Crippen LogP contribution in [-0.2, 0) is 6.54 Å². The Morgan fingerprint density at radius 3 is 2.45 bits per heavy atom. The van der Waals surface area contributed by atoms with Gasteiger partial charge in [0.25, 0.3) is 0 Å². The van der Waals surface area contributed by atoms with E-state index in [1.165, 1.54) is 0 Å². The summed E-state index contributed by atoms with van der Waals surface area (Å²) < 4.78 is 10.9. The standard InChI is InChI=1S/C22H30N4O3/c1-3-23-22(26-17-5-7-18(27)8-6-17)25-15-16-4-13-21(24-14-16)29-20-11-9-19(28-2)10-12-20/h4,9-14,17-18,27H,3,5-8,15H2,1-2H3,(H2,23,25,26). The lowest BCUT2D eigenvalue weighted by Crippen LogP contribution is -2.45. The minimum absolute atomic E-state index is 0.155. The van der Waals surface area contributed by atoms with Crippen molar-refractivity contribution in [1.82, 2.24) is 15.6 Å². The molecule has 1 aromatic heterocycles. The summed E-state index contributed by atoms with van der Waals surface area (Å²) in [6.07, 6.45) is 5.24. The van der Waals surface area contributed by atoms with E-state index in [1.807, 2.05) is 36.4 Å². The number of hydrogen-bond acceptors (Lipinski definition) is 5. The van der Waals surface area contributed by atoms with Crippen LogP contribution >= 0.6 is 0 Å². The van der Waals surface area contributed by atoms with Crippen molar-refractivity contribution in [1.29, 1.82) is 0 Å². The molecule has 2 aromatic rings. The molecular weight excluding hydrogens is 368 g/mol. The molecule has 156 valence electrons. The average molecular weight is 399 g/mol. The van der Waals surface area contributed by atoms with E-state index in [4.69, 9.17) is 9.47 Å². The number of ether oxygens (including phenoxy) is 2. The number of aliphatic hydroxyl groups excluding tert-OH is 1. The molecule has 1 aliphatic carbocycles. The molecule has 0 bridgehead atoms. The number of nitrogens with one attached hydrogen (secondary N) is 2. The van der Waals surface area contributed by atoms with E-state index in [9.17, 15) is 5.11 Å². The highest BCUT2D eigenvalue weighted by atomic mass is 16.5. The average Bonchev–Trinajstić information content (AvgIpc) is 2.75. The molecule has 1 aliphatic rings. The van der Waals surface area contributed by atoms with Gasteiger partial charge in [-0.3, -0.25) is 0 Å². The van der Waals surface area contributed by atoms with Gasteiger partial charge >= 0.3 is 0 Å². The largest absolute Gasteiger partial charge is 0.497 e. The highest BCUT2D eigenvalue weighted by Gasteiger charge is 2.19. The van der Waals surface area contributed by atoms with E-state index >= 15 is 0 Å². The lowest BCUT2D eigenvalue weighted by atomic mass is 9.93. The summed E-state index contributed by atoms with van der Waals surface area (Å²) in [5, 5.41) is 16.4. The minimum atomic E-state index is -0.155. The SMILES string of the molecule is CCNC(=NCc1ccc(Oc2ccc(OC)cc2)nc1)NC1CCC(O)CC1. The van der Waals surface area contributed by atoms with Gasteiger partial charge in [-0.05, 0) is 62.4 Å². The lowest BCUT2D eigenvalue weighted by Gasteiger charge is -2.27. The van der Waals surface area contributed by atoms with E-state index in [2.05, 4.69) is 27.5 Å². The molecular formula is C22H30N4O3. The maximum absolute atomic E-state index is 9.66. The number of benzene rings is 1. The summed E-state index contributed by atoms with van der Waals surface area (Å²) in [4.78, 5) is 9.04. The zero-order chi connectivity index (χ0) is 20.5. The van der Waals surface area contributed by atoms with Gasteiger partial charge in [0.2, 0.25) is 5.88 Å². The van der Waals surface area contributed by atoms with E-state index in [1.54, 1.807) is 13.3 Å². The quantitative estimate of drug-likeness (QED) is 0.490. The molecule has 1 fully saturated rings. The molecule has 0 amide bonds. The van der Waals surface area contributed by atoms with Gasteiger partial charge < -0.3 is 25.2 Å². The number of guanidine groups is 1. The molecule has 0 radical (unpaired) electrons. The highest BCUT2D eigenvalue weighted by molar-refractivity contribution is 5.80. The smallest absolute Gasteiger partial charge is 0.219 e. The third-order valence-corrected chi connectivity index (χ3v) is 4.88. The first kappa shape index (κ1) is 20.9. The van der Waals surface area contributed by atoms with Crippen LogP contribution in [0.3, 0.4) is 0 Å². The first-order valence-corrected chi connectivity index (χ1v) is 10.2. The fourth-order valence-corrected chi connectivity index (χ4v) is 3.23. The van der Waals surface area contributed by atoms with E-state index in [-0.39, 0.29) is 6.10 Å². The van der Waals surface area contributed by atoms with Gasteiger partial charge in [0.15, 0.2) is 5.96 Å². The Morgan fingerprint density at radius 1 is 1.10 bits per heavy atom. The molecule has 3 N–H and O–H groups in total. The van der Waals surface area contributed by atoms with Gasteiger partial charge in [0, 0.05) is 24.8 Å². The van der Waals surface area contributed by atoms with E-state index < -0.39 is 0 Å². The Kier molecular flexibility index (Phi) is 7.69. The van der Waals surface area contributed by atoms with Crippen LogP contribution in [0.2, 0.25) is 0 Å². The first-order chi connectivity index (χ1) is 14.2. The summed E-state index contributed by atoms with van der Waals surface area (Å²) in [6.45, 7) is 3.38. The second kappa shape index (κ2) is 10.7. The van der Waals surface area contributed by atoms with Crippen molar-refractivity contribution in [3.05, 3.63) is 48.2 Å². The second-order valence-electron chi connectivity index (χ2n) is 7.13. The third-order valence-electron chi connectivity index (χ3n) is 4.88. The van der Waals surface area contributed by atoms with Crippen molar-refractivity contribution in [3.63, 3.8) is 0 Å². The van der Waals surface area contributed by atoms with Crippen LogP contribution in [0.5, 0.6) is 17.4 Å². The van der Waals surface area contributed by atoms with Crippen LogP contribution in [0.4, 0.5) is 0 Å². The molecule has 0 unspecified atom stereocenters. The van der Waals surface area contributed by atoms with Crippen molar-refractivity contribution in [2.24, 2.45) is 4.99 Å². The summed E-state index contributed by atoms with van der Waals surface area (Å²) in [7, 11) is 1.63. The topological polar surface area (TPSA) is 88.0 Å². The van der Waals surface area contributed by atoms with Crippen LogP contribution in [0.1, 0.15) is 38.2 Å². The molecule has 29 heavy (non-hydrogen) atoms. The molecule has 0 atom stereocenters. The van der Waals surface area contributed by atoms with Gasteiger partial charge in [-0.25, -0.2) is 9.98 Å². The van der Waals surface area contributed by atoms with Gasteiger partial charge in [-0.2, -0.15) is 0 Å². The van der Waals surface area contributed by atoms with Crippen LogP contribution in [0, 0.1) is 0 Å². The van der Waals surface area contributed by atoms with Crippen molar-refractivity contribution in [3.8, 4) is 17.4 Å². The number of pyridine rings is 1. The van der Waals surface area contributed by atoms with Crippen molar-refractivity contribution in [2.75, 3.05) is 13.7 Å². The van der Waals surface area contributed by atoms with Crippen LogP contribution in [0.25, 0.3) is 0 Å².